The minimum Gasteiger partial charge on any atom is -0.497 e. The summed E-state index contributed by atoms with van der Waals surface area (Å²) < 4.78 is 10.5. The lowest BCUT2D eigenvalue weighted by atomic mass is 9.90. The van der Waals surface area contributed by atoms with Crippen LogP contribution in [0.3, 0.4) is 0 Å². The lowest BCUT2D eigenvalue weighted by Crippen LogP contribution is -2.49. The molecule has 4 rings (SSSR count). The molecule has 0 saturated heterocycles. The van der Waals surface area contributed by atoms with Crippen molar-refractivity contribution in [1.29, 1.82) is 0 Å². The zero-order chi connectivity index (χ0) is 31.1. The maximum Gasteiger partial charge on any atom is 0.407 e. The summed E-state index contributed by atoms with van der Waals surface area (Å²) in [5.41, 5.74) is 3.44. The Morgan fingerprint density at radius 3 is 1.82 bits per heavy atom. The van der Waals surface area contributed by atoms with E-state index in [4.69, 9.17) is 9.47 Å². The van der Waals surface area contributed by atoms with Crippen LogP contribution in [-0.2, 0) is 20.9 Å². The molecule has 0 spiro atoms. The van der Waals surface area contributed by atoms with Crippen LogP contribution in [0.15, 0.2) is 115 Å². The van der Waals surface area contributed by atoms with Gasteiger partial charge in [-0.05, 0) is 54.2 Å². The van der Waals surface area contributed by atoms with Gasteiger partial charge < -0.3 is 25.4 Å². The number of rotatable bonds is 14. The number of alkyl carbamates (subject to hydrolysis) is 1. The normalized spacial score (nSPS) is 12.1. The van der Waals surface area contributed by atoms with Crippen LogP contribution in [0.4, 0.5) is 4.79 Å². The van der Waals surface area contributed by atoms with E-state index in [1.807, 2.05) is 122 Å². The van der Waals surface area contributed by atoms with Gasteiger partial charge >= 0.3 is 6.09 Å². The summed E-state index contributed by atoms with van der Waals surface area (Å²) >= 11 is 0. The molecule has 0 radical (unpaired) electrons. The molecule has 3 amide bonds. The Hall–Kier alpha value is -5.11. The van der Waals surface area contributed by atoms with Crippen LogP contribution in [0.1, 0.15) is 54.0 Å². The summed E-state index contributed by atoms with van der Waals surface area (Å²) in [6.45, 7) is 2.33. The highest BCUT2D eigenvalue weighted by Gasteiger charge is 2.28. The van der Waals surface area contributed by atoms with Gasteiger partial charge in [-0.3, -0.25) is 9.59 Å². The fourth-order valence-corrected chi connectivity index (χ4v) is 4.87. The first-order chi connectivity index (χ1) is 21.4. The van der Waals surface area contributed by atoms with E-state index in [1.165, 1.54) is 0 Å². The van der Waals surface area contributed by atoms with Gasteiger partial charge in [0.05, 0.1) is 19.1 Å². The SMILES string of the molecule is COc1ccc([C@@H](C)NC(=O)[C@@H](CCCNC(=O)OCc2ccccc2)NC(=O)C(c2ccccc2)c2ccccc2)cc1. The van der Waals surface area contributed by atoms with Crippen molar-refractivity contribution in [1.82, 2.24) is 16.0 Å². The molecule has 0 aliphatic heterocycles. The predicted octanol–water partition coefficient (Wildman–Crippen LogP) is 5.90. The van der Waals surface area contributed by atoms with E-state index in [0.717, 1.165) is 28.0 Å². The maximum absolute atomic E-state index is 13.9. The monoisotopic (exact) mass is 593 g/mol. The maximum atomic E-state index is 13.9. The topological polar surface area (TPSA) is 106 Å². The van der Waals surface area contributed by atoms with E-state index in [9.17, 15) is 14.4 Å². The number of benzene rings is 4. The number of nitrogens with one attached hydrogen (secondary N) is 3. The molecule has 0 heterocycles. The minimum atomic E-state index is -0.833. The quantitative estimate of drug-likeness (QED) is 0.158. The minimum absolute atomic E-state index is 0.164. The number of hydrogen-bond donors (Lipinski definition) is 3. The van der Waals surface area contributed by atoms with Gasteiger partial charge in [-0.25, -0.2) is 4.79 Å². The fraction of sp³-hybridized carbons (Fsp3) is 0.250. The van der Waals surface area contributed by atoms with Crippen LogP contribution in [0, 0.1) is 0 Å². The van der Waals surface area contributed by atoms with Crippen molar-refractivity contribution in [2.45, 2.75) is 44.4 Å². The molecule has 44 heavy (non-hydrogen) atoms. The molecule has 8 heteroatoms. The van der Waals surface area contributed by atoms with Gasteiger partial charge in [0.2, 0.25) is 11.8 Å². The number of methoxy groups -OCH3 is 1. The van der Waals surface area contributed by atoms with Gasteiger partial charge in [-0.15, -0.1) is 0 Å². The van der Waals surface area contributed by atoms with E-state index in [0.29, 0.717) is 12.8 Å². The molecule has 0 aliphatic rings. The van der Waals surface area contributed by atoms with Crippen molar-refractivity contribution < 1.29 is 23.9 Å². The number of carbonyl (C=O) groups is 3. The predicted molar refractivity (Wildman–Crippen MR) is 170 cm³/mol. The second-order valence-electron chi connectivity index (χ2n) is 10.4. The number of carbonyl (C=O) groups excluding carboxylic acids is 3. The average molecular weight is 594 g/mol. The molecule has 4 aromatic rings. The number of hydrogen-bond acceptors (Lipinski definition) is 5. The van der Waals surface area contributed by atoms with Gasteiger partial charge in [0.15, 0.2) is 0 Å². The van der Waals surface area contributed by atoms with Crippen molar-refractivity contribution in [2.75, 3.05) is 13.7 Å². The van der Waals surface area contributed by atoms with Crippen LogP contribution in [0.2, 0.25) is 0 Å². The first-order valence-electron chi connectivity index (χ1n) is 14.7. The van der Waals surface area contributed by atoms with Gasteiger partial charge in [-0.2, -0.15) is 0 Å². The van der Waals surface area contributed by atoms with Crippen molar-refractivity contribution in [3.8, 4) is 5.75 Å². The molecule has 3 N–H and O–H groups in total. The van der Waals surface area contributed by atoms with Gasteiger partial charge in [-0.1, -0.05) is 103 Å². The average Bonchev–Trinajstić information content (AvgIpc) is 3.06. The molecule has 8 nitrogen and oxygen atoms in total. The van der Waals surface area contributed by atoms with Crippen molar-refractivity contribution in [3.05, 3.63) is 138 Å². The first-order valence-corrected chi connectivity index (χ1v) is 14.7. The smallest absolute Gasteiger partial charge is 0.407 e. The van der Waals surface area contributed by atoms with E-state index in [1.54, 1.807) is 7.11 Å². The Labute approximate surface area is 258 Å². The van der Waals surface area contributed by atoms with Crippen molar-refractivity contribution in [3.63, 3.8) is 0 Å². The number of amides is 3. The summed E-state index contributed by atoms with van der Waals surface area (Å²) in [7, 11) is 1.60. The molecule has 4 aromatic carbocycles. The second-order valence-corrected chi connectivity index (χ2v) is 10.4. The molecule has 228 valence electrons. The van der Waals surface area contributed by atoms with E-state index in [-0.39, 0.29) is 31.0 Å². The van der Waals surface area contributed by atoms with Gasteiger partial charge in [0.1, 0.15) is 18.4 Å². The molecule has 0 aromatic heterocycles. The molecule has 0 aliphatic carbocycles. The van der Waals surface area contributed by atoms with E-state index >= 15 is 0 Å². The Bertz CT molecular complexity index is 1420. The van der Waals surface area contributed by atoms with Crippen molar-refractivity contribution >= 4 is 17.9 Å². The van der Waals surface area contributed by atoms with Crippen molar-refractivity contribution in [2.24, 2.45) is 0 Å². The molecular formula is C36H39N3O5. The third-order valence-electron chi connectivity index (χ3n) is 7.29. The summed E-state index contributed by atoms with van der Waals surface area (Å²) in [6, 6.07) is 34.7. The van der Waals surface area contributed by atoms with Crippen LogP contribution < -0.4 is 20.7 Å². The first kappa shape index (κ1) is 31.8. The van der Waals surface area contributed by atoms with Crippen LogP contribution in [0.25, 0.3) is 0 Å². The Balaban J connectivity index is 1.43. The second kappa shape index (κ2) is 16.5. The van der Waals surface area contributed by atoms with Crippen LogP contribution in [-0.4, -0.2) is 37.6 Å². The number of ether oxygens (including phenoxy) is 2. The molecule has 0 saturated carbocycles. The summed E-state index contributed by atoms with van der Waals surface area (Å²) in [6.07, 6.45) is 0.208. The van der Waals surface area contributed by atoms with E-state index in [2.05, 4.69) is 16.0 Å². The van der Waals surface area contributed by atoms with Gasteiger partial charge in [0.25, 0.3) is 0 Å². The third-order valence-corrected chi connectivity index (χ3v) is 7.29. The Morgan fingerprint density at radius 1 is 0.682 bits per heavy atom. The highest BCUT2D eigenvalue weighted by atomic mass is 16.5. The van der Waals surface area contributed by atoms with E-state index < -0.39 is 18.1 Å². The highest BCUT2D eigenvalue weighted by Crippen LogP contribution is 2.25. The molecule has 0 fully saturated rings. The lowest BCUT2D eigenvalue weighted by molar-refractivity contribution is -0.129. The Morgan fingerprint density at radius 2 is 1.25 bits per heavy atom. The summed E-state index contributed by atoms with van der Waals surface area (Å²) in [4.78, 5) is 39.7. The molecule has 0 unspecified atom stereocenters. The summed E-state index contributed by atoms with van der Waals surface area (Å²) in [5.74, 6) is -0.471. The molecular weight excluding hydrogens is 554 g/mol. The molecule has 2 atom stereocenters. The fourth-order valence-electron chi connectivity index (χ4n) is 4.87. The zero-order valence-electron chi connectivity index (χ0n) is 25.1. The van der Waals surface area contributed by atoms with Gasteiger partial charge in [0, 0.05) is 6.54 Å². The summed E-state index contributed by atoms with van der Waals surface area (Å²) in [5, 5.41) is 8.78. The highest BCUT2D eigenvalue weighted by molar-refractivity contribution is 5.92. The van der Waals surface area contributed by atoms with Crippen LogP contribution >= 0.6 is 0 Å². The standard InChI is InChI=1S/C36H39N3O5/c1-26(28-20-22-31(43-2)23-21-28)38-34(40)32(19-12-24-37-36(42)44-25-27-13-6-3-7-14-27)39-35(41)33(29-15-8-4-9-16-29)30-17-10-5-11-18-30/h3-11,13-18,20-23,26,32-33H,12,19,24-25H2,1-2H3,(H,37,42)(H,38,40)(H,39,41)/t26-,32-/m1/s1. The van der Waals surface area contributed by atoms with Crippen LogP contribution in [0.5, 0.6) is 5.75 Å². The molecule has 0 bridgehead atoms. The zero-order valence-corrected chi connectivity index (χ0v) is 25.1. The third kappa shape index (κ3) is 9.46. The largest absolute Gasteiger partial charge is 0.497 e. The lowest BCUT2D eigenvalue weighted by Gasteiger charge is -2.25. The Kier molecular flexibility index (Phi) is 11.9.